The summed E-state index contributed by atoms with van der Waals surface area (Å²) < 4.78 is 7.08. The Bertz CT molecular complexity index is 1150. The normalized spacial score (nSPS) is 14.1. The molecule has 3 aromatic heterocycles. The van der Waals surface area contributed by atoms with Gasteiger partial charge in [0.15, 0.2) is 5.65 Å². The van der Waals surface area contributed by atoms with Crippen molar-refractivity contribution in [1.29, 1.82) is 0 Å². The van der Waals surface area contributed by atoms with Crippen LogP contribution in [0.15, 0.2) is 61.1 Å². The van der Waals surface area contributed by atoms with Gasteiger partial charge in [0, 0.05) is 55.4 Å². The van der Waals surface area contributed by atoms with E-state index in [4.69, 9.17) is 4.74 Å². The van der Waals surface area contributed by atoms with E-state index in [0.29, 0.717) is 5.88 Å². The van der Waals surface area contributed by atoms with Crippen molar-refractivity contribution in [3.8, 4) is 17.1 Å². The lowest BCUT2D eigenvalue weighted by atomic mass is 10.1. The number of nitrogens with zero attached hydrogens (tertiary/aromatic N) is 5. The van der Waals surface area contributed by atoms with Crippen LogP contribution in [0.1, 0.15) is 0 Å². The summed E-state index contributed by atoms with van der Waals surface area (Å²) in [7, 11) is 1.61. The number of rotatable bonds is 5. The molecule has 8 nitrogen and oxygen atoms in total. The number of ether oxygens (including phenoxy) is 1. The van der Waals surface area contributed by atoms with Crippen molar-refractivity contribution >= 4 is 22.7 Å². The zero-order valence-electron chi connectivity index (χ0n) is 16.7. The van der Waals surface area contributed by atoms with Gasteiger partial charge in [-0.25, -0.2) is 14.5 Å². The van der Waals surface area contributed by atoms with Gasteiger partial charge < -0.3 is 20.3 Å². The number of pyridine rings is 2. The van der Waals surface area contributed by atoms with Crippen LogP contribution in [0.25, 0.3) is 16.9 Å². The topological polar surface area (TPSA) is 79.6 Å². The molecule has 1 aliphatic rings. The Labute approximate surface area is 174 Å². The third kappa shape index (κ3) is 3.53. The number of aromatic nitrogens is 4. The molecule has 0 amide bonds. The Morgan fingerprint density at radius 1 is 1.00 bits per heavy atom. The summed E-state index contributed by atoms with van der Waals surface area (Å²) in [6, 6.07) is 16.4. The van der Waals surface area contributed by atoms with Crippen molar-refractivity contribution in [3.63, 3.8) is 0 Å². The zero-order valence-corrected chi connectivity index (χ0v) is 16.7. The van der Waals surface area contributed by atoms with Crippen LogP contribution >= 0.6 is 0 Å². The molecule has 0 atom stereocenters. The van der Waals surface area contributed by atoms with E-state index < -0.39 is 0 Å². The Balaban J connectivity index is 1.42. The molecular formula is C22H23N7O. The van der Waals surface area contributed by atoms with Gasteiger partial charge in [-0.15, -0.1) is 0 Å². The zero-order chi connectivity index (χ0) is 20.3. The molecular weight excluding hydrogens is 378 g/mol. The van der Waals surface area contributed by atoms with E-state index in [1.54, 1.807) is 19.6 Å². The first kappa shape index (κ1) is 18.4. The number of piperazine rings is 1. The van der Waals surface area contributed by atoms with Crippen molar-refractivity contribution in [2.24, 2.45) is 0 Å². The van der Waals surface area contributed by atoms with Crippen LogP contribution in [0.2, 0.25) is 0 Å². The predicted octanol–water partition coefficient (Wildman–Crippen LogP) is 2.95. The molecule has 8 heteroatoms. The van der Waals surface area contributed by atoms with Crippen molar-refractivity contribution in [3.05, 3.63) is 61.1 Å². The average Bonchev–Trinajstić information content (AvgIpc) is 3.31. The smallest absolute Gasteiger partial charge is 0.213 e. The number of benzene rings is 1. The molecule has 4 heterocycles. The fraction of sp³-hybridized carbons (Fsp3) is 0.227. The highest BCUT2D eigenvalue weighted by atomic mass is 16.5. The molecule has 0 spiro atoms. The van der Waals surface area contributed by atoms with Gasteiger partial charge in [-0.05, 0) is 42.5 Å². The first-order valence-corrected chi connectivity index (χ1v) is 9.98. The number of nitrogens with one attached hydrogen (secondary N) is 2. The maximum atomic E-state index is 5.25. The maximum absolute atomic E-state index is 5.25. The molecule has 2 N–H and O–H groups in total. The Hall–Kier alpha value is -3.65. The summed E-state index contributed by atoms with van der Waals surface area (Å²) in [6.07, 6.45) is 3.29. The van der Waals surface area contributed by atoms with Crippen molar-refractivity contribution < 1.29 is 4.74 Å². The molecule has 1 aliphatic heterocycles. The minimum atomic E-state index is 0.563. The lowest BCUT2D eigenvalue weighted by Gasteiger charge is -2.29. The predicted molar refractivity (Wildman–Crippen MR) is 118 cm³/mol. The molecule has 4 aromatic rings. The van der Waals surface area contributed by atoms with Gasteiger partial charge in [-0.2, -0.15) is 5.10 Å². The second kappa shape index (κ2) is 8.00. The third-order valence-electron chi connectivity index (χ3n) is 5.29. The highest BCUT2D eigenvalue weighted by Crippen LogP contribution is 2.28. The third-order valence-corrected chi connectivity index (χ3v) is 5.29. The van der Waals surface area contributed by atoms with Gasteiger partial charge >= 0.3 is 0 Å². The summed E-state index contributed by atoms with van der Waals surface area (Å²) >= 11 is 0. The van der Waals surface area contributed by atoms with Gasteiger partial charge in [-0.1, -0.05) is 0 Å². The van der Waals surface area contributed by atoms with Gasteiger partial charge in [0.05, 0.1) is 18.5 Å². The first-order chi connectivity index (χ1) is 14.8. The van der Waals surface area contributed by atoms with E-state index in [1.807, 2.05) is 28.8 Å². The van der Waals surface area contributed by atoms with E-state index in [-0.39, 0.29) is 0 Å². The van der Waals surface area contributed by atoms with Crippen molar-refractivity contribution in [2.45, 2.75) is 0 Å². The molecule has 1 fully saturated rings. The second-order valence-corrected chi connectivity index (χ2v) is 7.12. The maximum Gasteiger partial charge on any atom is 0.213 e. The molecule has 0 unspecified atom stereocenters. The molecule has 5 rings (SSSR count). The molecule has 1 saturated heterocycles. The standard InChI is InChI=1S/C22H23N7O/c1-30-21-14-16(8-9-24-21)20-7-6-19(22-25-15-26-29(20)22)27-17-2-4-18(5-3-17)28-12-10-23-11-13-28/h2-9,14-15,23,27H,10-13H2,1H3. The highest BCUT2D eigenvalue weighted by Gasteiger charge is 2.13. The minimum absolute atomic E-state index is 0.563. The molecule has 0 saturated carbocycles. The minimum Gasteiger partial charge on any atom is -0.481 e. The van der Waals surface area contributed by atoms with Crippen LogP contribution in [0.5, 0.6) is 5.88 Å². The molecule has 0 bridgehead atoms. The van der Waals surface area contributed by atoms with E-state index in [9.17, 15) is 0 Å². The summed E-state index contributed by atoms with van der Waals surface area (Å²) in [4.78, 5) is 11.0. The summed E-state index contributed by atoms with van der Waals surface area (Å²) in [5.41, 5.74) is 5.79. The van der Waals surface area contributed by atoms with Crippen LogP contribution in [0.4, 0.5) is 17.1 Å². The highest BCUT2D eigenvalue weighted by molar-refractivity contribution is 5.78. The number of fused-ring (bicyclic) bond motifs is 1. The molecule has 30 heavy (non-hydrogen) atoms. The lowest BCUT2D eigenvalue weighted by Crippen LogP contribution is -2.43. The largest absolute Gasteiger partial charge is 0.481 e. The number of anilines is 3. The quantitative estimate of drug-likeness (QED) is 0.532. The van der Waals surface area contributed by atoms with Crippen molar-refractivity contribution in [2.75, 3.05) is 43.5 Å². The Morgan fingerprint density at radius 3 is 2.63 bits per heavy atom. The van der Waals surface area contributed by atoms with Gasteiger partial charge in [0.1, 0.15) is 6.33 Å². The first-order valence-electron chi connectivity index (χ1n) is 9.98. The molecule has 0 radical (unpaired) electrons. The van der Waals surface area contributed by atoms with E-state index in [0.717, 1.165) is 54.5 Å². The van der Waals surface area contributed by atoms with E-state index in [1.165, 1.54) is 5.69 Å². The van der Waals surface area contributed by atoms with Crippen molar-refractivity contribution in [1.82, 2.24) is 24.9 Å². The monoisotopic (exact) mass is 401 g/mol. The van der Waals surface area contributed by atoms with E-state index >= 15 is 0 Å². The summed E-state index contributed by atoms with van der Waals surface area (Å²) in [6.45, 7) is 4.13. The van der Waals surface area contributed by atoms with Crippen LogP contribution in [0.3, 0.4) is 0 Å². The Kier molecular flexibility index (Phi) is 4.90. The molecule has 0 aliphatic carbocycles. The summed E-state index contributed by atoms with van der Waals surface area (Å²) in [5, 5.41) is 11.3. The van der Waals surface area contributed by atoms with Crippen LogP contribution < -0.4 is 20.3 Å². The van der Waals surface area contributed by atoms with Gasteiger partial charge in [0.25, 0.3) is 0 Å². The van der Waals surface area contributed by atoms with Gasteiger partial charge in [0.2, 0.25) is 5.88 Å². The SMILES string of the molecule is COc1cc(-c2ccc(Nc3ccc(N4CCNCC4)cc3)c3ncnn23)ccn1. The fourth-order valence-corrected chi connectivity index (χ4v) is 3.74. The van der Waals surface area contributed by atoms with Gasteiger partial charge in [-0.3, -0.25) is 0 Å². The molecule has 1 aromatic carbocycles. The number of hydrogen-bond acceptors (Lipinski definition) is 7. The number of hydrogen-bond donors (Lipinski definition) is 2. The number of methoxy groups -OCH3 is 1. The summed E-state index contributed by atoms with van der Waals surface area (Å²) in [5.74, 6) is 0.563. The Morgan fingerprint density at radius 2 is 1.83 bits per heavy atom. The van der Waals surface area contributed by atoms with Crippen LogP contribution in [-0.2, 0) is 0 Å². The van der Waals surface area contributed by atoms with E-state index in [2.05, 4.69) is 54.9 Å². The average molecular weight is 401 g/mol. The molecule has 152 valence electrons. The van der Waals surface area contributed by atoms with Crippen LogP contribution in [0, 0.1) is 0 Å². The fourth-order valence-electron chi connectivity index (χ4n) is 3.74. The second-order valence-electron chi connectivity index (χ2n) is 7.12. The van der Waals surface area contributed by atoms with Crippen LogP contribution in [-0.4, -0.2) is 52.9 Å². The lowest BCUT2D eigenvalue weighted by molar-refractivity contribution is 0.398.